The van der Waals surface area contributed by atoms with Gasteiger partial charge in [-0.05, 0) is 36.4 Å². The lowest BCUT2D eigenvalue weighted by Crippen LogP contribution is -2.43. The Morgan fingerprint density at radius 1 is 1.24 bits per heavy atom. The second-order valence-corrected chi connectivity index (χ2v) is 6.67. The van der Waals surface area contributed by atoms with Crippen molar-refractivity contribution in [2.45, 2.75) is 31.2 Å². The van der Waals surface area contributed by atoms with Crippen LogP contribution in [0, 0.1) is 5.82 Å². The zero-order valence-electron chi connectivity index (χ0n) is 11.4. The predicted octanol–water partition coefficient (Wildman–Crippen LogP) is 4.74. The number of hydrogen-bond donors (Lipinski definition) is 1. The minimum atomic E-state index is -0.584. The molecule has 0 atom stereocenters. The maximum atomic E-state index is 13.9. The summed E-state index contributed by atoms with van der Waals surface area (Å²) in [6.07, 6.45) is 3.88. The highest BCUT2D eigenvalue weighted by Crippen LogP contribution is 2.41. The molecule has 110 valence electrons. The Bertz CT molecular complexity index is 630. The van der Waals surface area contributed by atoms with Crippen LogP contribution in [-0.2, 0) is 5.54 Å². The summed E-state index contributed by atoms with van der Waals surface area (Å²) in [5, 5.41) is 5.18. The van der Waals surface area contributed by atoms with Crippen LogP contribution in [0.15, 0.2) is 35.7 Å². The first kappa shape index (κ1) is 14.5. The van der Waals surface area contributed by atoms with Crippen molar-refractivity contribution in [3.8, 4) is 0 Å². The van der Waals surface area contributed by atoms with E-state index < -0.39 is 11.7 Å². The summed E-state index contributed by atoms with van der Waals surface area (Å²) in [5.41, 5.74) is -0.446. The second-order valence-electron chi connectivity index (χ2n) is 5.32. The van der Waals surface area contributed by atoms with Gasteiger partial charge in [-0.2, -0.15) is 0 Å². The van der Waals surface area contributed by atoms with Crippen molar-refractivity contribution in [3.05, 3.63) is 57.0 Å². The van der Waals surface area contributed by atoms with E-state index in [0.29, 0.717) is 0 Å². The standard InChI is InChI=1S/C16H15ClFNOS/c17-11-5-3-6-12(18)14(11)15(20)19-16(8-1-2-9-16)13-7-4-10-21-13/h3-7,10H,1-2,8-9H2,(H,19,20). The molecule has 1 aromatic heterocycles. The molecule has 0 aliphatic heterocycles. The Morgan fingerprint density at radius 3 is 2.62 bits per heavy atom. The molecule has 1 amide bonds. The molecule has 0 unspecified atom stereocenters. The average Bonchev–Trinajstić information content (AvgIpc) is 3.09. The summed E-state index contributed by atoms with van der Waals surface area (Å²) in [6.45, 7) is 0. The first-order chi connectivity index (χ1) is 10.1. The van der Waals surface area contributed by atoms with Crippen LogP contribution in [0.1, 0.15) is 40.9 Å². The molecule has 3 rings (SSSR count). The monoisotopic (exact) mass is 323 g/mol. The predicted molar refractivity (Wildman–Crippen MR) is 83.3 cm³/mol. The highest BCUT2D eigenvalue weighted by Gasteiger charge is 2.38. The second kappa shape index (κ2) is 5.78. The van der Waals surface area contributed by atoms with Crippen molar-refractivity contribution in [3.63, 3.8) is 0 Å². The number of carbonyl (C=O) groups is 1. The normalized spacial score (nSPS) is 16.9. The van der Waals surface area contributed by atoms with Crippen LogP contribution in [-0.4, -0.2) is 5.91 Å². The lowest BCUT2D eigenvalue weighted by molar-refractivity contribution is 0.0896. The summed E-state index contributed by atoms with van der Waals surface area (Å²) in [7, 11) is 0. The largest absolute Gasteiger partial charge is 0.342 e. The third-order valence-electron chi connectivity index (χ3n) is 3.99. The van der Waals surface area contributed by atoms with Gasteiger partial charge in [-0.1, -0.05) is 36.6 Å². The van der Waals surface area contributed by atoms with Crippen molar-refractivity contribution in [2.24, 2.45) is 0 Å². The Hall–Kier alpha value is -1.39. The van der Waals surface area contributed by atoms with Gasteiger partial charge in [0.1, 0.15) is 5.82 Å². The highest BCUT2D eigenvalue weighted by molar-refractivity contribution is 7.10. The minimum absolute atomic E-state index is 0.0676. The molecule has 1 aliphatic rings. The van der Waals surface area contributed by atoms with Crippen molar-refractivity contribution >= 4 is 28.8 Å². The van der Waals surface area contributed by atoms with E-state index in [4.69, 9.17) is 11.6 Å². The molecule has 1 saturated carbocycles. The smallest absolute Gasteiger partial charge is 0.256 e. The van der Waals surface area contributed by atoms with E-state index in [1.807, 2.05) is 17.5 Å². The van der Waals surface area contributed by atoms with Crippen LogP contribution >= 0.6 is 22.9 Å². The Kier molecular flexibility index (Phi) is 4.00. The fraction of sp³-hybridized carbons (Fsp3) is 0.312. The van der Waals surface area contributed by atoms with Gasteiger partial charge in [-0.3, -0.25) is 4.79 Å². The number of thiophene rings is 1. The van der Waals surface area contributed by atoms with E-state index in [1.54, 1.807) is 11.3 Å². The Balaban J connectivity index is 1.92. The number of amides is 1. The molecule has 0 saturated heterocycles. The fourth-order valence-electron chi connectivity index (χ4n) is 2.96. The van der Waals surface area contributed by atoms with Gasteiger partial charge >= 0.3 is 0 Å². The Morgan fingerprint density at radius 2 is 2.00 bits per heavy atom. The fourth-order valence-corrected chi connectivity index (χ4v) is 4.15. The summed E-state index contributed by atoms with van der Waals surface area (Å²) < 4.78 is 13.9. The third-order valence-corrected chi connectivity index (χ3v) is 5.38. The van der Waals surface area contributed by atoms with Crippen LogP contribution in [0.4, 0.5) is 4.39 Å². The summed E-state index contributed by atoms with van der Waals surface area (Å²) in [4.78, 5) is 13.6. The van der Waals surface area contributed by atoms with E-state index in [0.717, 1.165) is 30.6 Å². The van der Waals surface area contributed by atoms with E-state index >= 15 is 0 Å². The zero-order valence-corrected chi connectivity index (χ0v) is 12.9. The lowest BCUT2D eigenvalue weighted by Gasteiger charge is -2.29. The topological polar surface area (TPSA) is 29.1 Å². The van der Waals surface area contributed by atoms with E-state index in [2.05, 4.69) is 5.32 Å². The number of hydrogen-bond acceptors (Lipinski definition) is 2. The maximum Gasteiger partial charge on any atom is 0.256 e. The van der Waals surface area contributed by atoms with Crippen LogP contribution < -0.4 is 5.32 Å². The molecule has 0 bridgehead atoms. The number of nitrogens with one attached hydrogen (secondary N) is 1. The summed E-state index contributed by atoms with van der Waals surface area (Å²) in [5.74, 6) is -1.02. The van der Waals surface area contributed by atoms with E-state index in [-0.39, 0.29) is 16.1 Å². The van der Waals surface area contributed by atoms with Crippen molar-refractivity contribution < 1.29 is 9.18 Å². The first-order valence-electron chi connectivity index (χ1n) is 6.93. The van der Waals surface area contributed by atoms with Gasteiger partial charge in [-0.15, -0.1) is 11.3 Å². The SMILES string of the molecule is O=C(NC1(c2cccs2)CCCC1)c1c(F)cccc1Cl. The molecule has 1 N–H and O–H groups in total. The lowest BCUT2D eigenvalue weighted by atomic mass is 9.94. The van der Waals surface area contributed by atoms with Crippen molar-refractivity contribution in [2.75, 3.05) is 0 Å². The molecule has 21 heavy (non-hydrogen) atoms. The van der Waals surface area contributed by atoms with Crippen molar-refractivity contribution in [1.29, 1.82) is 0 Å². The Labute approximate surface area is 131 Å². The van der Waals surface area contributed by atoms with E-state index in [9.17, 15) is 9.18 Å². The van der Waals surface area contributed by atoms with Crippen LogP contribution in [0.5, 0.6) is 0 Å². The molecular formula is C16H15ClFNOS. The maximum absolute atomic E-state index is 13.9. The van der Waals surface area contributed by atoms with Crippen LogP contribution in [0.3, 0.4) is 0 Å². The van der Waals surface area contributed by atoms with Gasteiger partial charge in [-0.25, -0.2) is 4.39 Å². The molecule has 2 aromatic rings. The number of benzene rings is 1. The van der Waals surface area contributed by atoms with Gasteiger partial charge in [0.25, 0.3) is 5.91 Å². The molecule has 2 nitrogen and oxygen atoms in total. The quantitative estimate of drug-likeness (QED) is 0.868. The molecule has 1 aliphatic carbocycles. The van der Waals surface area contributed by atoms with Crippen molar-refractivity contribution in [1.82, 2.24) is 5.32 Å². The molecule has 1 heterocycles. The minimum Gasteiger partial charge on any atom is -0.342 e. The van der Waals surface area contributed by atoms with Crippen LogP contribution in [0.25, 0.3) is 0 Å². The van der Waals surface area contributed by atoms with Gasteiger partial charge in [0, 0.05) is 4.88 Å². The average molecular weight is 324 g/mol. The molecule has 1 aromatic carbocycles. The molecule has 0 spiro atoms. The summed E-state index contributed by atoms with van der Waals surface area (Å²) in [6, 6.07) is 8.29. The van der Waals surface area contributed by atoms with Crippen LogP contribution in [0.2, 0.25) is 5.02 Å². The summed E-state index contributed by atoms with van der Waals surface area (Å²) >= 11 is 7.61. The van der Waals surface area contributed by atoms with E-state index in [1.165, 1.54) is 18.2 Å². The number of halogens is 2. The molecule has 5 heteroatoms. The number of carbonyl (C=O) groups excluding carboxylic acids is 1. The zero-order chi connectivity index (χ0) is 14.9. The number of rotatable bonds is 3. The van der Waals surface area contributed by atoms with Gasteiger partial charge in [0.15, 0.2) is 0 Å². The molecule has 1 fully saturated rings. The highest BCUT2D eigenvalue weighted by atomic mass is 35.5. The van der Waals surface area contributed by atoms with Gasteiger partial charge < -0.3 is 5.32 Å². The van der Waals surface area contributed by atoms with Gasteiger partial charge in [0.05, 0.1) is 16.1 Å². The molecular weight excluding hydrogens is 309 g/mol. The molecule has 0 radical (unpaired) electrons. The first-order valence-corrected chi connectivity index (χ1v) is 8.19. The van der Waals surface area contributed by atoms with Gasteiger partial charge in [0.2, 0.25) is 0 Å². The third kappa shape index (κ3) is 2.70.